The van der Waals surface area contributed by atoms with Gasteiger partial charge in [-0.15, -0.1) is 0 Å². The fourth-order valence-electron chi connectivity index (χ4n) is 4.73. The average Bonchev–Trinajstić information content (AvgIpc) is 3.33. The number of ether oxygens (including phenoxy) is 1. The summed E-state index contributed by atoms with van der Waals surface area (Å²) in [6.07, 6.45) is -0.693. The monoisotopic (exact) mass is 473 g/mol. The lowest BCUT2D eigenvalue weighted by molar-refractivity contribution is -0.136. The molecule has 2 fully saturated rings. The van der Waals surface area contributed by atoms with E-state index in [9.17, 15) is 18.3 Å². The van der Waals surface area contributed by atoms with Crippen molar-refractivity contribution in [3.8, 4) is 5.75 Å². The van der Waals surface area contributed by atoms with Crippen LogP contribution in [0.5, 0.6) is 5.75 Å². The number of benzene rings is 2. The second kappa shape index (κ2) is 10.2. The molecule has 0 spiro atoms. The molecule has 0 unspecified atom stereocenters. The minimum absolute atomic E-state index is 0.375. The summed E-state index contributed by atoms with van der Waals surface area (Å²) in [6.45, 7) is 11.5. The van der Waals surface area contributed by atoms with Crippen molar-refractivity contribution in [2.45, 2.75) is 50.4 Å². The first-order chi connectivity index (χ1) is 16.3. The lowest BCUT2D eigenvalue weighted by Gasteiger charge is -2.39. The van der Waals surface area contributed by atoms with Gasteiger partial charge in [-0.2, -0.15) is 13.2 Å². The molecular weight excluding hydrogens is 443 g/mol. The van der Waals surface area contributed by atoms with Crippen molar-refractivity contribution in [3.63, 3.8) is 0 Å². The zero-order valence-corrected chi connectivity index (χ0v) is 19.2. The molecule has 0 radical (unpaired) electrons. The van der Waals surface area contributed by atoms with Crippen molar-refractivity contribution < 1.29 is 23.0 Å². The van der Waals surface area contributed by atoms with Crippen LogP contribution in [0.25, 0.3) is 4.85 Å². The van der Waals surface area contributed by atoms with Gasteiger partial charge in [-0.05, 0) is 68.6 Å². The topological polar surface area (TPSA) is 40.3 Å². The van der Waals surface area contributed by atoms with E-state index in [1.54, 1.807) is 6.07 Å². The van der Waals surface area contributed by atoms with E-state index in [-0.39, 0.29) is 0 Å². The van der Waals surface area contributed by atoms with Crippen molar-refractivity contribution >= 4 is 11.4 Å². The van der Waals surface area contributed by atoms with E-state index in [1.807, 2.05) is 17.0 Å². The SMILES string of the molecule is [C-]#[N+]c1ccc(N2CCC(O)(CCOc3ccc(CN4CCCC4)cc3)CC2)cc1C(F)(F)F. The number of alkyl halides is 3. The predicted molar refractivity (Wildman–Crippen MR) is 125 cm³/mol. The maximum Gasteiger partial charge on any atom is 0.407 e. The molecular formula is C26H30F3N3O2. The van der Waals surface area contributed by atoms with Gasteiger partial charge in [0.15, 0.2) is 5.69 Å². The first kappa shape index (κ1) is 24.4. The first-order valence-corrected chi connectivity index (χ1v) is 11.8. The van der Waals surface area contributed by atoms with Crippen LogP contribution in [0.4, 0.5) is 24.5 Å². The van der Waals surface area contributed by atoms with Crippen LogP contribution in [0.3, 0.4) is 0 Å². The van der Waals surface area contributed by atoms with E-state index in [0.717, 1.165) is 31.5 Å². The normalized spacial score (nSPS) is 18.6. The number of likely N-dealkylation sites (tertiary alicyclic amines) is 1. The maximum atomic E-state index is 13.3. The Kier molecular flexibility index (Phi) is 7.34. The summed E-state index contributed by atoms with van der Waals surface area (Å²) in [7, 11) is 0. The number of halogens is 3. The molecule has 4 rings (SSSR count). The van der Waals surface area contributed by atoms with Crippen LogP contribution in [-0.4, -0.2) is 48.4 Å². The van der Waals surface area contributed by atoms with E-state index < -0.39 is 23.0 Å². The molecule has 0 aromatic heterocycles. The fraction of sp³-hybridized carbons (Fsp3) is 0.500. The fourth-order valence-corrected chi connectivity index (χ4v) is 4.73. The molecule has 2 aliphatic rings. The number of anilines is 1. The van der Waals surface area contributed by atoms with Gasteiger partial charge < -0.3 is 14.7 Å². The second-order valence-electron chi connectivity index (χ2n) is 9.25. The van der Waals surface area contributed by atoms with E-state index >= 15 is 0 Å². The summed E-state index contributed by atoms with van der Waals surface area (Å²) in [4.78, 5) is 7.26. The van der Waals surface area contributed by atoms with Crippen molar-refractivity contribution in [2.75, 3.05) is 37.7 Å². The van der Waals surface area contributed by atoms with Crippen LogP contribution in [-0.2, 0) is 12.7 Å². The molecule has 2 aliphatic heterocycles. The van der Waals surface area contributed by atoms with Crippen LogP contribution in [0.2, 0.25) is 0 Å². The molecule has 2 saturated heterocycles. The maximum absolute atomic E-state index is 13.3. The first-order valence-electron chi connectivity index (χ1n) is 11.8. The molecule has 1 N–H and O–H groups in total. The van der Waals surface area contributed by atoms with Gasteiger partial charge in [-0.1, -0.05) is 18.2 Å². The summed E-state index contributed by atoms with van der Waals surface area (Å²) in [6, 6.07) is 11.9. The van der Waals surface area contributed by atoms with E-state index in [1.165, 1.54) is 24.5 Å². The highest BCUT2D eigenvalue weighted by molar-refractivity contribution is 5.62. The van der Waals surface area contributed by atoms with Crippen LogP contribution >= 0.6 is 0 Å². The minimum atomic E-state index is -4.57. The smallest absolute Gasteiger partial charge is 0.407 e. The molecule has 0 aliphatic carbocycles. The molecule has 2 aromatic rings. The summed E-state index contributed by atoms with van der Waals surface area (Å²) in [5.74, 6) is 0.769. The van der Waals surface area contributed by atoms with Gasteiger partial charge in [0.25, 0.3) is 0 Å². The Morgan fingerprint density at radius 3 is 2.29 bits per heavy atom. The van der Waals surface area contributed by atoms with Gasteiger partial charge in [0.05, 0.1) is 24.3 Å². The number of hydrogen-bond donors (Lipinski definition) is 1. The molecule has 182 valence electrons. The van der Waals surface area contributed by atoms with E-state index in [2.05, 4.69) is 21.9 Å². The standard InChI is InChI=1S/C26H30F3N3O2/c1-30-24-9-6-21(18-23(24)26(27,28)29)32-15-10-25(33,11-16-32)12-17-34-22-7-4-20(5-8-22)19-31-13-2-3-14-31/h4-9,18,33H,2-3,10-17,19H2. The van der Waals surface area contributed by atoms with Gasteiger partial charge >= 0.3 is 6.18 Å². The van der Waals surface area contributed by atoms with Crippen LogP contribution in [0, 0.1) is 6.57 Å². The molecule has 0 amide bonds. The predicted octanol–water partition coefficient (Wildman–Crippen LogP) is 5.65. The number of rotatable bonds is 7. The zero-order valence-electron chi connectivity index (χ0n) is 19.2. The van der Waals surface area contributed by atoms with Gasteiger partial charge in [0.2, 0.25) is 0 Å². The Balaban J connectivity index is 1.26. The Labute approximate surface area is 198 Å². The highest BCUT2D eigenvalue weighted by Crippen LogP contribution is 2.39. The minimum Gasteiger partial charge on any atom is -0.493 e. The number of aliphatic hydroxyl groups is 1. The van der Waals surface area contributed by atoms with Crippen LogP contribution in [0.15, 0.2) is 42.5 Å². The zero-order chi connectivity index (χ0) is 24.2. The van der Waals surface area contributed by atoms with Crippen molar-refractivity contribution in [3.05, 3.63) is 65.0 Å². The second-order valence-corrected chi connectivity index (χ2v) is 9.25. The lowest BCUT2D eigenvalue weighted by atomic mass is 9.88. The van der Waals surface area contributed by atoms with Crippen LogP contribution in [0.1, 0.15) is 43.2 Å². The molecule has 34 heavy (non-hydrogen) atoms. The van der Waals surface area contributed by atoms with Crippen LogP contribution < -0.4 is 9.64 Å². The average molecular weight is 474 g/mol. The third-order valence-corrected chi connectivity index (χ3v) is 6.83. The summed E-state index contributed by atoms with van der Waals surface area (Å²) in [5.41, 5.74) is -0.535. The molecule has 0 bridgehead atoms. The third kappa shape index (κ3) is 6.02. The van der Waals surface area contributed by atoms with E-state index in [4.69, 9.17) is 11.3 Å². The highest BCUT2D eigenvalue weighted by Gasteiger charge is 2.36. The molecule has 0 saturated carbocycles. The Morgan fingerprint density at radius 1 is 1.00 bits per heavy atom. The quantitative estimate of drug-likeness (QED) is 0.528. The summed E-state index contributed by atoms with van der Waals surface area (Å²) >= 11 is 0. The summed E-state index contributed by atoms with van der Waals surface area (Å²) < 4.78 is 45.7. The molecule has 2 heterocycles. The Bertz CT molecular complexity index is 1000. The van der Waals surface area contributed by atoms with Crippen molar-refractivity contribution in [2.24, 2.45) is 0 Å². The largest absolute Gasteiger partial charge is 0.493 e. The van der Waals surface area contributed by atoms with Gasteiger partial charge in [-0.3, -0.25) is 4.90 Å². The Hall–Kier alpha value is -2.76. The summed E-state index contributed by atoms with van der Waals surface area (Å²) in [5, 5.41) is 11.0. The lowest BCUT2D eigenvalue weighted by Crippen LogP contribution is -2.45. The number of nitrogens with zero attached hydrogens (tertiary/aromatic N) is 3. The Morgan fingerprint density at radius 2 is 1.68 bits per heavy atom. The molecule has 8 heteroatoms. The van der Waals surface area contributed by atoms with Gasteiger partial charge in [0, 0.05) is 31.7 Å². The number of piperidine rings is 1. The number of hydrogen-bond acceptors (Lipinski definition) is 4. The van der Waals surface area contributed by atoms with Crippen molar-refractivity contribution in [1.82, 2.24) is 4.90 Å². The van der Waals surface area contributed by atoms with Gasteiger partial charge in [-0.25, -0.2) is 4.85 Å². The van der Waals surface area contributed by atoms with Crippen molar-refractivity contribution in [1.29, 1.82) is 0 Å². The third-order valence-electron chi connectivity index (χ3n) is 6.83. The molecule has 5 nitrogen and oxygen atoms in total. The van der Waals surface area contributed by atoms with E-state index in [0.29, 0.717) is 44.6 Å². The molecule has 0 atom stereocenters. The molecule has 2 aromatic carbocycles. The van der Waals surface area contributed by atoms with Gasteiger partial charge in [0.1, 0.15) is 5.75 Å². The highest BCUT2D eigenvalue weighted by atomic mass is 19.4.